The first-order valence-electron chi connectivity index (χ1n) is 9.15. The number of hydrogen-bond donors (Lipinski definition) is 1. The van der Waals surface area contributed by atoms with Crippen LogP contribution >= 0.6 is 11.6 Å². The van der Waals surface area contributed by atoms with Gasteiger partial charge in [0.05, 0.1) is 6.61 Å². The summed E-state index contributed by atoms with van der Waals surface area (Å²) >= 11 is 6.07. The van der Waals surface area contributed by atoms with Crippen LogP contribution in [0.4, 0.5) is 5.69 Å². The molecular formula is C22H26ClNO2. The highest BCUT2D eigenvalue weighted by Gasteiger charge is 2.00. The van der Waals surface area contributed by atoms with Gasteiger partial charge in [0.1, 0.15) is 5.75 Å². The molecule has 0 radical (unpaired) electrons. The normalized spacial score (nSPS) is 10.8. The predicted octanol–water partition coefficient (Wildman–Crippen LogP) is 6.34. The van der Waals surface area contributed by atoms with E-state index >= 15 is 0 Å². The first-order valence-corrected chi connectivity index (χ1v) is 9.53. The summed E-state index contributed by atoms with van der Waals surface area (Å²) in [6.45, 7) is 2.94. The second-order valence-electron chi connectivity index (χ2n) is 6.13. The Morgan fingerprint density at radius 3 is 2.50 bits per heavy atom. The van der Waals surface area contributed by atoms with E-state index in [1.807, 2.05) is 42.5 Å². The number of ether oxygens (including phenoxy) is 1. The zero-order chi connectivity index (χ0) is 18.6. The molecule has 138 valence electrons. The van der Waals surface area contributed by atoms with Crippen LogP contribution in [0.15, 0.2) is 54.6 Å². The molecule has 2 rings (SSSR count). The van der Waals surface area contributed by atoms with Crippen LogP contribution in [-0.2, 0) is 4.79 Å². The summed E-state index contributed by atoms with van der Waals surface area (Å²) in [6.07, 6.45) is 9.27. The quantitative estimate of drug-likeness (QED) is 0.390. The van der Waals surface area contributed by atoms with Crippen molar-refractivity contribution in [3.63, 3.8) is 0 Å². The van der Waals surface area contributed by atoms with Gasteiger partial charge in [-0.15, -0.1) is 0 Å². The van der Waals surface area contributed by atoms with Gasteiger partial charge in [-0.25, -0.2) is 0 Å². The Labute approximate surface area is 161 Å². The van der Waals surface area contributed by atoms with Gasteiger partial charge in [0, 0.05) is 16.8 Å². The fourth-order valence-corrected chi connectivity index (χ4v) is 2.69. The lowest BCUT2D eigenvalue weighted by Gasteiger charge is -2.07. The summed E-state index contributed by atoms with van der Waals surface area (Å²) in [4.78, 5) is 12.0. The minimum Gasteiger partial charge on any atom is -0.494 e. The fourth-order valence-electron chi connectivity index (χ4n) is 2.49. The van der Waals surface area contributed by atoms with E-state index in [0.717, 1.165) is 30.0 Å². The molecule has 2 aromatic rings. The Balaban J connectivity index is 1.76. The Morgan fingerprint density at radius 1 is 1.04 bits per heavy atom. The summed E-state index contributed by atoms with van der Waals surface area (Å²) in [5.74, 6) is 0.625. The monoisotopic (exact) mass is 371 g/mol. The minimum absolute atomic E-state index is 0.200. The summed E-state index contributed by atoms with van der Waals surface area (Å²) in [6, 6.07) is 14.8. The molecule has 0 saturated heterocycles. The van der Waals surface area contributed by atoms with Crippen LogP contribution in [0.3, 0.4) is 0 Å². The molecule has 26 heavy (non-hydrogen) atoms. The Bertz CT molecular complexity index is 710. The molecular weight excluding hydrogens is 346 g/mol. The number of amides is 1. The molecule has 1 N–H and O–H groups in total. The number of unbranched alkanes of at least 4 members (excludes halogenated alkanes) is 4. The average Bonchev–Trinajstić information content (AvgIpc) is 2.65. The third-order valence-corrected chi connectivity index (χ3v) is 4.30. The first-order chi connectivity index (χ1) is 12.7. The van der Waals surface area contributed by atoms with Crippen LogP contribution in [0.1, 0.15) is 44.6 Å². The summed E-state index contributed by atoms with van der Waals surface area (Å²) in [7, 11) is 0. The summed E-state index contributed by atoms with van der Waals surface area (Å²) in [5, 5.41) is 3.44. The molecule has 0 atom stereocenters. The number of halogens is 1. The number of rotatable bonds is 10. The standard InChI is InChI=1S/C22H26ClNO2/c1-2-3-4-5-8-17-26-20-14-12-19(13-15-20)24-22(25)16-11-18-9-6-7-10-21(18)23/h6-7,9-16H,2-5,8,17H2,1H3,(H,24,25). The highest BCUT2D eigenvalue weighted by atomic mass is 35.5. The SMILES string of the molecule is CCCCCCCOc1ccc(NC(=O)C=Cc2ccccc2Cl)cc1. The fraction of sp³-hybridized carbons (Fsp3) is 0.318. The highest BCUT2D eigenvalue weighted by Crippen LogP contribution is 2.18. The number of benzene rings is 2. The topological polar surface area (TPSA) is 38.3 Å². The van der Waals surface area contributed by atoms with Crippen molar-refractivity contribution in [2.45, 2.75) is 39.0 Å². The van der Waals surface area contributed by atoms with Gasteiger partial charge in [-0.2, -0.15) is 0 Å². The zero-order valence-corrected chi connectivity index (χ0v) is 16.0. The van der Waals surface area contributed by atoms with E-state index in [0.29, 0.717) is 5.02 Å². The maximum atomic E-state index is 12.0. The first kappa shape index (κ1) is 20.1. The van der Waals surface area contributed by atoms with Crippen molar-refractivity contribution in [2.24, 2.45) is 0 Å². The van der Waals surface area contributed by atoms with Gasteiger partial charge in [0.2, 0.25) is 5.91 Å². The number of carbonyl (C=O) groups is 1. The van der Waals surface area contributed by atoms with Crippen LogP contribution in [0.2, 0.25) is 5.02 Å². The molecule has 0 saturated carbocycles. The molecule has 0 aliphatic carbocycles. The van der Waals surface area contributed by atoms with Crippen molar-refractivity contribution in [1.82, 2.24) is 0 Å². The zero-order valence-electron chi connectivity index (χ0n) is 15.2. The van der Waals surface area contributed by atoms with Gasteiger partial charge < -0.3 is 10.1 Å². The Kier molecular flexibility index (Phi) is 8.77. The molecule has 0 heterocycles. The molecule has 0 aliphatic heterocycles. The lowest BCUT2D eigenvalue weighted by atomic mass is 10.2. The molecule has 0 aliphatic rings. The third-order valence-electron chi connectivity index (χ3n) is 3.96. The van der Waals surface area contributed by atoms with Crippen LogP contribution in [0.25, 0.3) is 6.08 Å². The van der Waals surface area contributed by atoms with E-state index in [-0.39, 0.29) is 5.91 Å². The molecule has 4 heteroatoms. The van der Waals surface area contributed by atoms with E-state index in [4.69, 9.17) is 16.3 Å². The Hall–Kier alpha value is -2.26. The largest absolute Gasteiger partial charge is 0.494 e. The smallest absolute Gasteiger partial charge is 0.248 e. The van der Waals surface area contributed by atoms with Gasteiger partial charge in [-0.3, -0.25) is 4.79 Å². The van der Waals surface area contributed by atoms with Crippen molar-refractivity contribution in [3.8, 4) is 5.75 Å². The molecule has 0 aromatic heterocycles. The van der Waals surface area contributed by atoms with Crippen LogP contribution in [-0.4, -0.2) is 12.5 Å². The van der Waals surface area contributed by atoms with Crippen molar-refractivity contribution < 1.29 is 9.53 Å². The minimum atomic E-state index is -0.200. The number of nitrogens with one attached hydrogen (secondary N) is 1. The van der Waals surface area contributed by atoms with E-state index in [2.05, 4.69) is 12.2 Å². The third kappa shape index (κ3) is 7.32. The van der Waals surface area contributed by atoms with Gasteiger partial charge in [0.25, 0.3) is 0 Å². The number of hydrogen-bond acceptors (Lipinski definition) is 2. The van der Waals surface area contributed by atoms with Crippen LogP contribution < -0.4 is 10.1 Å². The number of carbonyl (C=O) groups excluding carboxylic acids is 1. The second-order valence-corrected chi connectivity index (χ2v) is 6.54. The van der Waals surface area contributed by atoms with Crippen molar-refractivity contribution in [2.75, 3.05) is 11.9 Å². The van der Waals surface area contributed by atoms with E-state index in [1.54, 1.807) is 12.1 Å². The molecule has 1 amide bonds. The average molecular weight is 372 g/mol. The maximum absolute atomic E-state index is 12.0. The van der Waals surface area contributed by atoms with Crippen LogP contribution in [0.5, 0.6) is 5.75 Å². The summed E-state index contributed by atoms with van der Waals surface area (Å²) < 4.78 is 5.72. The maximum Gasteiger partial charge on any atom is 0.248 e. The second kappa shape index (κ2) is 11.4. The van der Waals surface area contributed by atoms with E-state index in [1.165, 1.54) is 31.8 Å². The molecule has 0 spiro atoms. The Morgan fingerprint density at radius 2 is 1.77 bits per heavy atom. The molecule has 3 nitrogen and oxygen atoms in total. The van der Waals surface area contributed by atoms with Gasteiger partial charge in [-0.1, -0.05) is 62.4 Å². The number of anilines is 1. The van der Waals surface area contributed by atoms with E-state index < -0.39 is 0 Å². The molecule has 0 unspecified atom stereocenters. The van der Waals surface area contributed by atoms with Crippen molar-refractivity contribution in [3.05, 3.63) is 65.2 Å². The van der Waals surface area contributed by atoms with Crippen LogP contribution in [0, 0.1) is 0 Å². The lowest BCUT2D eigenvalue weighted by Crippen LogP contribution is -2.07. The lowest BCUT2D eigenvalue weighted by molar-refractivity contribution is -0.111. The molecule has 2 aromatic carbocycles. The molecule has 0 bridgehead atoms. The van der Waals surface area contributed by atoms with Gasteiger partial charge in [-0.05, 0) is 48.4 Å². The molecule has 0 fully saturated rings. The van der Waals surface area contributed by atoms with Crippen molar-refractivity contribution in [1.29, 1.82) is 0 Å². The van der Waals surface area contributed by atoms with E-state index in [9.17, 15) is 4.79 Å². The van der Waals surface area contributed by atoms with Gasteiger partial charge >= 0.3 is 0 Å². The van der Waals surface area contributed by atoms with Crippen molar-refractivity contribution >= 4 is 29.3 Å². The predicted molar refractivity (Wildman–Crippen MR) is 110 cm³/mol. The van der Waals surface area contributed by atoms with Gasteiger partial charge in [0.15, 0.2) is 0 Å². The summed E-state index contributed by atoms with van der Waals surface area (Å²) in [5.41, 5.74) is 1.54. The highest BCUT2D eigenvalue weighted by molar-refractivity contribution is 6.32.